The van der Waals surface area contributed by atoms with Crippen LogP contribution < -0.4 is 4.90 Å². The van der Waals surface area contributed by atoms with Crippen molar-refractivity contribution in [2.75, 3.05) is 19.1 Å². The minimum absolute atomic E-state index is 0.0723. The van der Waals surface area contributed by atoms with Gasteiger partial charge in [0.05, 0.1) is 25.5 Å². The monoisotopic (exact) mass is 483 g/mol. The minimum atomic E-state index is -0.645. The van der Waals surface area contributed by atoms with Crippen LogP contribution in [0.2, 0.25) is 0 Å². The Morgan fingerprint density at radius 3 is 2.08 bits per heavy atom. The Bertz CT molecular complexity index is 802. The van der Waals surface area contributed by atoms with Crippen molar-refractivity contribution in [2.45, 2.75) is 19.8 Å². The Balaban J connectivity index is 2.74. The third-order valence-corrected chi connectivity index (χ3v) is 5.04. The summed E-state index contributed by atoms with van der Waals surface area (Å²) in [5, 5.41) is 0. The average Bonchev–Trinajstić information content (AvgIpc) is 2.82. The van der Waals surface area contributed by atoms with Crippen molar-refractivity contribution in [1.29, 1.82) is 0 Å². The molecule has 0 unspecified atom stereocenters. The number of hydrogen-bond donors (Lipinski definition) is 0. The molecule has 138 valence electrons. The maximum absolute atomic E-state index is 12.5. The number of carbonyl (C=O) groups excluding carboxylic acids is 2. The number of esters is 2. The van der Waals surface area contributed by atoms with E-state index in [-0.39, 0.29) is 11.3 Å². The van der Waals surface area contributed by atoms with Crippen molar-refractivity contribution < 1.29 is 19.1 Å². The summed E-state index contributed by atoms with van der Waals surface area (Å²) in [7, 11) is 2.54. The van der Waals surface area contributed by atoms with Crippen molar-refractivity contribution in [3.63, 3.8) is 0 Å². The van der Waals surface area contributed by atoms with Crippen LogP contribution in [0.1, 0.15) is 25.3 Å². The third kappa shape index (κ3) is 4.10. The fourth-order valence-corrected chi connectivity index (χ4v) is 4.09. The largest absolute Gasteiger partial charge is 0.465 e. The molecule has 1 aliphatic rings. The molecule has 0 spiro atoms. The highest BCUT2D eigenvalue weighted by atomic mass is 79.9. The lowest BCUT2D eigenvalue weighted by molar-refractivity contribution is -0.139. The SMILES string of the molecule is COC(=O)C1=C(C(=O)OC)N(c2c(Br)cc(C(C)C)cc2Br)C=CC=C1. The lowest BCUT2D eigenvalue weighted by atomic mass is 10.0. The fraction of sp³-hybridized carbons (Fsp3) is 0.263. The summed E-state index contributed by atoms with van der Waals surface area (Å²) < 4.78 is 11.3. The van der Waals surface area contributed by atoms with E-state index in [1.165, 1.54) is 20.3 Å². The number of methoxy groups -OCH3 is 2. The summed E-state index contributed by atoms with van der Waals surface area (Å²) in [6.45, 7) is 4.19. The number of hydrogen-bond acceptors (Lipinski definition) is 5. The molecule has 0 aliphatic carbocycles. The summed E-state index contributed by atoms with van der Waals surface area (Å²) in [4.78, 5) is 26.3. The lowest BCUT2D eigenvalue weighted by Crippen LogP contribution is -2.27. The molecule has 1 aliphatic heterocycles. The van der Waals surface area contributed by atoms with Crippen molar-refractivity contribution >= 4 is 49.5 Å². The molecule has 5 nitrogen and oxygen atoms in total. The molecule has 1 aromatic rings. The van der Waals surface area contributed by atoms with Crippen LogP contribution in [0.3, 0.4) is 0 Å². The van der Waals surface area contributed by atoms with E-state index < -0.39 is 11.9 Å². The number of carbonyl (C=O) groups is 2. The maximum Gasteiger partial charge on any atom is 0.355 e. The van der Waals surface area contributed by atoms with Crippen LogP contribution in [0, 0.1) is 0 Å². The zero-order valence-electron chi connectivity index (χ0n) is 14.9. The predicted octanol–water partition coefficient (Wildman–Crippen LogP) is 4.83. The van der Waals surface area contributed by atoms with Crippen LogP contribution in [0.5, 0.6) is 0 Å². The smallest absolute Gasteiger partial charge is 0.355 e. The third-order valence-electron chi connectivity index (χ3n) is 3.84. The number of benzene rings is 1. The number of ether oxygens (including phenoxy) is 2. The molecule has 1 aromatic carbocycles. The second-order valence-corrected chi connectivity index (χ2v) is 7.51. The van der Waals surface area contributed by atoms with E-state index in [0.29, 0.717) is 11.6 Å². The van der Waals surface area contributed by atoms with Gasteiger partial charge in [0.25, 0.3) is 0 Å². The van der Waals surface area contributed by atoms with Gasteiger partial charge >= 0.3 is 11.9 Å². The molecule has 0 saturated heterocycles. The van der Waals surface area contributed by atoms with Crippen molar-refractivity contribution in [2.24, 2.45) is 0 Å². The molecule has 1 heterocycles. The van der Waals surface area contributed by atoms with E-state index in [2.05, 4.69) is 45.7 Å². The van der Waals surface area contributed by atoms with E-state index >= 15 is 0 Å². The molecule has 26 heavy (non-hydrogen) atoms. The Morgan fingerprint density at radius 1 is 1.00 bits per heavy atom. The summed E-state index contributed by atoms with van der Waals surface area (Å²) in [6, 6.07) is 3.98. The topological polar surface area (TPSA) is 55.8 Å². The highest BCUT2D eigenvalue weighted by Crippen LogP contribution is 2.40. The Kier molecular flexibility index (Phi) is 6.83. The zero-order valence-corrected chi connectivity index (χ0v) is 18.0. The first kappa shape index (κ1) is 20.5. The van der Waals surface area contributed by atoms with Crippen LogP contribution in [0.15, 0.2) is 56.8 Å². The van der Waals surface area contributed by atoms with Gasteiger partial charge in [-0.15, -0.1) is 0 Å². The normalized spacial score (nSPS) is 13.9. The average molecular weight is 485 g/mol. The van der Waals surface area contributed by atoms with E-state index in [1.54, 1.807) is 23.3 Å². The molecule has 0 radical (unpaired) electrons. The lowest BCUT2D eigenvalue weighted by Gasteiger charge is -2.26. The van der Waals surface area contributed by atoms with Crippen LogP contribution in [0.25, 0.3) is 0 Å². The fourth-order valence-electron chi connectivity index (χ4n) is 2.49. The van der Waals surface area contributed by atoms with E-state index in [9.17, 15) is 9.59 Å². The van der Waals surface area contributed by atoms with Gasteiger partial charge in [0.1, 0.15) is 5.70 Å². The van der Waals surface area contributed by atoms with Gasteiger partial charge in [-0.3, -0.25) is 0 Å². The number of allylic oxidation sites excluding steroid dienone is 2. The molecule has 0 fully saturated rings. The van der Waals surface area contributed by atoms with E-state index in [4.69, 9.17) is 9.47 Å². The Labute approximate surface area is 169 Å². The summed E-state index contributed by atoms with van der Waals surface area (Å²) in [5.41, 5.74) is 1.98. The van der Waals surface area contributed by atoms with Gasteiger partial charge in [0.2, 0.25) is 0 Å². The first-order chi connectivity index (χ1) is 12.3. The summed E-state index contributed by atoms with van der Waals surface area (Å²) in [6.07, 6.45) is 6.62. The quantitative estimate of drug-likeness (QED) is 0.573. The number of nitrogens with zero attached hydrogens (tertiary/aromatic N) is 1. The van der Waals surface area contributed by atoms with Gasteiger partial charge in [-0.1, -0.05) is 19.9 Å². The minimum Gasteiger partial charge on any atom is -0.465 e. The molecule has 2 rings (SSSR count). The molecule has 0 aromatic heterocycles. The van der Waals surface area contributed by atoms with Gasteiger partial charge in [-0.05, 0) is 67.6 Å². The van der Waals surface area contributed by atoms with Crippen molar-refractivity contribution in [1.82, 2.24) is 0 Å². The number of anilines is 1. The second-order valence-electron chi connectivity index (χ2n) is 5.80. The van der Waals surface area contributed by atoms with Gasteiger partial charge in [-0.25, -0.2) is 9.59 Å². The van der Waals surface area contributed by atoms with Crippen molar-refractivity contribution in [3.8, 4) is 0 Å². The zero-order chi connectivity index (χ0) is 19.4. The van der Waals surface area contributed by atoms with Crippen LogP contribution in [-0.2, 0) is 19.1 Å². The summed E-state index contributed by atoms with van der Waals surface area (Å²) in [5.74, 6) is -0.936. The highest BCUT2D eigenvalue weighted by molar-refractivity contribution is 9.11. The second kappa shape index (κ2) is 8.68. The molecule has 0 bridgehead atoms. The standard InChI is InChI=1S/C19H19Br2NO4/c1-11(2)12-9-14(20)17(15(21)10-12)22-8-6-5-7-13(18(23)25-3)16(22)19(24)26-4/h5-11H,1-4H3. The highest BCUT2D eigenvalue weighted by Gasteiger charge is 2.29. The number of rotatable bonds is 4. The molecule has 7 heteroatoms. The molecule has 0 atom stereocenters. The van der Waals surface area contributed by atoms with Crippen LogP contribution >= 0.6 is 31.9 Å². The molecule has 0 saturated carbocycles. The van der Waals surface area contributed by atoms with Gasteiger partial charge < -0.3 is 14.4 Å². The Morgan fingerprint density at radius 2 is 1.58 bits per heavy atom. The predicted molar refractivity (Wildman–Crippen MR) is 108 cm³/mol. The Hall–Kier alpha value is -1.86. The van der Waals surface area contributed by atoms with E-state index in [0.717, 1.165) is 14.5 Å². The van der Waals surface area contributed by atoms with Gasteiger partial charge in [0.15, 0.2) is 0 Å². The first-order valence-electron chi connectivity index (χ1n) is 7.85. The molecule has 0 amide bonds. The molecular formula is C19H19Br2NO4. The molecule has 0 N–H and O–H groups in total. The first-order valence-corrected chi connectivity index (χ1v) is 9.44. The van der Waals surface area contributed by atoms with Crippen LogP contribution in [0.4, 0.5) is 5.69 Å². The molecular weight excluding hydrogens is 466 g/mol. The number of halogens is 2. The van der Waals surface area contributed by atoms with Gasteiger partial charge in [-0.2, -0.15) is 0 Å². The van der Waals surface area contributed by atoms with Gasteiger partial charge in [0, 0.05) is 15.1 Å². The van der Waals surface area contributed by atoms with E-state index in [1.807, 2.05) is 12.1 Å². The van der Waals surface area contributed by atoms with Crippen molar-refractivity contribution in [3.05, 3.63) is 62.3 Å². The summed E-state index contributed by atoms with van der Waals surface area (Å²) >= 11 is 7.17. The van der Waals surface area contributed by atoms with Crippen LogP contribution in [-0.4, -0.2) is 26.2 Å². The maximum atomic E-state index is 12.5.